The lowest BCUT2D eigenvalue weighted by atomic mass is 10.0. The number of amides is 2. The van der Waals surface area contributed by atoms with Crippen LogP contribution in [-0.4, -0.2) is 58.3 Å². The topological polar surface area (TPSA) is 169 Å². The first-order valence-electron chi connectivity index (χ1n) is 18.7. The van der Waals surface area contributed by atoms with Crippen LogP contribution in [0.25, 0.3) is 22.3 Å². The maximum atomic E-state index is 12.6. The van der Waals surface area contributed by atoms with Crippen LogP contribution < -0.4 is 26.0 Å². The monoisotopic (exact) mass is 776 g/mol. The summed E-state index contributed by atoms with van der Waals surface area (Å²) in [5, 5.41) is 19.9. The molecule has 13 heteroatoms. The van der Waals surface area contributed by atoms with Crippen molar-refractivity contribution in [2.45, 2.75) is 60.0 Å². The third kappa shape index (κ3) is 9.84. The summed E-state index contributed by atoms with van der Waals surface area (Å²) in [5.74, 6) is 15.7. The van der Waals surface area contributed by atoms with Crippen LogP contribution in [0.15, 0.2) is 81.8 Å². The largest absolute Gasteiger partial charge is 0.457 e. The van der Waals surface area contributed by atoms with Gasteiger partial charge in [-0.05, 0) is 140 Å². The minimum atomic E-state index is -0.397. The Labute approximate surface area is 337 Å². The number of aryl methyl sites for hydroxylation is 4. The van der Waals surface area contributed by atoms with E-state index in [1.165, 1.54) is 0 Å². The average Bonchev–Trinajstić information content (AvgIpc) is 3.74. The van der Waals surface area contributed by atoms with Gasteiger partial charge in [-0.3, -0.25) is 9.59 Å². The van der Waals surface area contributed by atoms with E-state index in [1.807, 2.05) is 102 Å². The fourth-order valence-corrected chi connectivity index (χ4v) is 5.94. The second-order valence-corrected chi connectivity index (χ2v) is 13.7. The molecule has 294 valence electrons. The second kappa shape index (κ2) is 18.3. The zero-order chi connectivity index (χ0) is 41.3. The van der Waals surface area contributed by atoms with Crippen molar-refractivity contribution in [2.24, 2.45) is 0 Å². The van der Waals surface area contributed by atoms with Gasteiger partial charge in [0.05, 0.1) is 28.6 Å². The molecule has 6 rings (SSSR count). The van der Waals surface area contributed by atoms with Crippen molar-refractivity contribution < 1.29 is 23.4 Å². The van der Waals surface area contributed by atoms with Crippen LogP contribution in [0.3, 0.4) is 0 Å². The Hall–Kier alpha value is -7.06. The molecule has 0 aliphatic rings. The number of nitrogens with one attached hydrogen (secondary N) is 4. The highest BCUT2D eigenvalue weighted by Crippen LogP contribution is 2.31. The van der Waals surface area contributed by atoms with E-state index in [0.717, 1.165) is 39.1 Å². The molecule has 0 aliphatic heterocycles. The number of ether oxygens (including phenoxy) is 1. The van der Waals surface area contributed by atoms with Gasteiger partial charge < -0.3 is 35.1 Å². The molecule has 0 saturated heterocycles. The van der Waals surface area contributed by atoms with E-state index in [-0.39, 0.29) is 17.9 Å². The summed E-state index contributed by atoms with van der Waals surface area (Å²) in [6.45, 7) is 11.1. The first kappa shape index (κ1) is 40.6. The SMILES string of the molecule is CN[C@@H](C)C(=O)Nc1ccc(-c2c(C)noc2C)c(C#Cc2ccc(Oc3ccc(C#Cc4nc(NC(=O)C[C@H](C)NC)ccc4-c4c(C)noc4C)cc3)cc2)n1. The van der Waals surface area contributed by atoms with Gasteiger partial charge in [0.1, 0.15) is 46.0 Å². The van der Waals surface area contributed by atoms with Gasteiger partial charge in [0.25, 0.3) is 0 Å². The number of hydrogen-bond donors (Lipinski definition) is 4. The Bertz CT molecular complexity index is 2530. The molecule has 0 unspecified atom stereocenters. The zero-order valence-electron chi connectivity index (χ0n) is 33.6. The van der Waals surface area contributed by atoms with Crippen LogP contribution in [0.2, 0.25) is 0 Å². The maximum absolute atomic E-state index is 12.6. The zero-order valence-corrected chi connectivity index (χ0v) is 33.6. The fraction of sp³-hybridized carbons (Fsp3) is 0.244. The fourth-order valence-electron chi connectivity index (χ4n) is 5.94. The van der Waals surface area contributed by atoms with Crippen LogP contribution in [-0.2, 0) is 9.59 Å². The number of pyridine rings is 2. The van der Waals surface area contributed by atoms with Crippen LogP contribution in [0, 0.1) is 51.4 Å². The van der Waals surface area contributed by atoms with Crippen LogP contribution >= 0.6 is 0 Å². The van der Waals surface area contributed by atoms with Gasteiger partial charge in [-0.1, -0.05) is 22.2 Å². The highest BCUT2D eigenvalue weighted by molar-refractivity contribution is 5.94. The lowest BCUT2D eigenvalue weighted by Gasteiger charge is -2.12. The standard InChI is InChI=1S/C45H44N8O5/c1-26(46-7)25-42(54)50-40-23-19-36(43-27(2)52-57-30(43)5)38(48-40)21-13-32-9-15-34(16-10-32)56-35-17-11-33(12-18-35)14-22-39-37(44-28(3)53-58-31(44)6)20-24-41(49-39)51-45(55)29(4)47-8/h9-12,15-20,23-24,26,29,46-47H,25H2,1-8H3,(H,48,50,54)(H,49,51,55)/t26-,29-/m0/s1. The molecule has 0 radical (unpaired) electrons. The smallest absolute Gasteiger partial charge is 0.242 e. The maximum Gasteiger partial charge on any atom is 0.242 e. The van der Waals surface area contributed by atoms with Crippen molar-refractivity contribution in [3.05, 3.63) is 118 Å². The molecule has 13 nitrogen and oxygen atoms in total. The molecule has 2 aromatic carbocycles. The summed E-state index contributed by atoms with van der Waals surface area (Å²) in [6, 6.07) is 21.6. The minimum absolute atomic E-state index is 0.0178. The van der Waals surface area contributed by atoms with E-state index >= 15 is 0 Å². The van der Waals surface area contributed by atoms with E-state index in [0.29, 0.717) is 58.2 Å². The number of anilines is 2. The molecule has 0 spiro atoms. The molecule has 4 heterocycles. The highest BCUT2D eigenvalue weighted by atomic mass is 16.5. The predicted molar refractivity (Wildman–Crippen MR) is 222 cm³/mol. The normalized spacial score (nSPS) is 11.7. The Morgan fingerprint density at radius 1 is 0.638 bits per heavy atom. The molecular weight excluding hydrogens is 733 g/mol. The Morgan fingerprint density at radius 2 is 1.10 bits per heavy atom. The molecule has 6 aromatic rings. The summed E-state index contributed by atoms with van der Waals surface area (Å²) in [5.41, 5.74) is 6.99. The van der Waals surface area contributed by atoms with E-state index in [1.54, 1.807) is 26.1 Å². The van der Waals surface area contributed by atoms with E-state index in [2.05, 4.69) is 60.2 Å². The van der Waals surface area contributed by atoms with E-state index < -0.39 is 6.04 Å². The van der Waals surface area contributed by atoms with Crippen LogP contribution in [0.4, 0.5) is 11.6 Å². The van der Waals surface area contributed by atoms with Gasteiger partial charge in [-0.2, -0.15) is 0 Å². The average molecular weight is 777 g/mol. The van der Waals surface area contributed by atoms with Crippen molar-refractivity contribution in [1.82, 2.24) is 30.9 Å². The Morgan fingerprint density at radius 3 is 1.52 bits per heavy atom. The summed E-state index contributed by atoms with van der Waals surface area (Å²) < 4.78 is 17.0. The summed E-state index contributed by atoms with van der Waals surface area (Å²) in [6.07, 6.45) is 0.302. The number of carbonyl (C=O) groups excluding carboxylic acids is 2. The number of hydrogen-bond acceptors (Lipinski definition) is 11. The van der Waals surface area contributed by atoms with Gasteiger partial charge in [-0.15, -0.1) is 0 Å². The first-order chi connectivity index (χ1) is 27.9. The summed E-state index contributed by atoms with van der Waals surface area (Å²) >= 11 is 0. The van der Waals surface area contributed by atoms with Gasteiger partial charge >= 0.3 is 0 Å². The number of benzene rings is 2. The molecule has 0 fully saturated rings. The Kier molecular flexibility index (Phi) is 12.8. The number of rotatable bonds is 11. The molecule has 2 amide bonds. The molecule has 4 aromatic heterocycles. The van der Waals surface area contributed by atoms with Crippen molar-refractivity contribution in [3.63, 3.8) is 0 Å². The number of nitrogens with zero attached hydrogens (tertiary/aromatic N) is 4. The van der Waals surface area contributed by atoms with Gasteiger partial charge in [0, 0.05) is 34.7 Å². The molecule has 0 aliphatic carbocycles. The molecule has 0 saturated carbocycles. The molecule has 4 N–H and O–H groups in total. The Balaban J connectivity index is 1.18. The second-order valence-electron chi connectivity index (χ2n) is 13.7. The van der Waals surface area contributed by atoms with E-state index in [4.69, 9.17) is 18.8 Å². The third-order valence-electron chi connectivity index (χ3n) is 9.32. The number of likely N-dealkylation sites (N-methyl/N-ethyl adjacent to an activating group) is 1. The molecule has 2 atom stereocenters. The first-order valence-corrected chi connectivity index (χ1v) is 18.7. The third-order valence-corrected chi connectivity index (χ3v) is 9.32. The summed E-state index contributed by atoms with van der Waals surface area (Å²) in [7, 11) is 3.53. The van der Waals surface area contributed by atoms with Crippen molar-refractivity contribution >= 4 is 23.5 Å². The number of carbonyl (C=O) groups is 2. The van der Waals surface area contributed by atoms with Gasteiger partial charge in [-0.25, -0.2) is 9.97 Å². The summed E-state index contributed by atoms with van der Waals surface area (Å²) in [4.78, 5) is 34.5. The predicted octanol–water partition coefficient (Wildman–Crippen LogP) is 7.10. The minimum Gasteiger partial charge on any atom is -0.457 e. The van der Waals surface area contributed by atoms with Crippen molar-refractivity contribution in [2.75, 3.05) is 24.7 Å². The van der Waals surface area contributed by atoms with Crippen LogP contribution in [0.5, 0.6) is 11.5 Å². The number of aromatic nitrogens is 4. The molecular formula is C45H44N8O5. The highest BCUT2D eigenvalue weighted by Gasteiger charge is 2.19. The molecule has 58 heavy (non-hydrogen) atoms. The quantitative estimate of drug-likeness (QED) is 0.0991. The lowest BCUT2D eigenvalue weighted by Crippen LogP contribution is -2.35. The van der Waals surface area contributed by atoms with Crippen LogP contribution in [0.1, 0.15) is 65.7 Å². The molecule has 0 bridgehead atoms. The lowest BCUT2D eigenvalue weighted by molar-refractivity contribution is -0.118. The van der Waals surface area contributed by atoms with E-state index in [9.17, 15) is 9.59 Å². The van der Waals surface area contributed by atoms with Gasteiger partial charge in [0.2, 0.25) is 11.8 Å². The van der Waals surface area contributed by atoms with Crippen molar-refractivity contribution in [3.8, 4) is 57.4 Å². The van der Waals surface area contributed by atoms with Crippen molar-refractivity contribution in [1.29, 1.82) is 0 Å². The van der Waals surface area contributed by atoms with Gasteiger partial charge in [0.15, 0.2) is 0 Å².